The number of rotatable bonds is 3. The van der Waals surface area contributed by atoms with Crippen molar-refractivity contribution in [2.24, 2.45) is 0 Å². The Morgan fingerprint density at radius 3 is 3.12 bits per heavy atom. The van der Waals surface area contributed by atoms with Gasteiger partial charge >= 0.3 is 0 Å². The molecular weight excluding hydrogens is 320 g/mol. The number of piperidine rings is 1. The molecule has 3 heterocycles. The van der Waals surface area contributed by atoms with E-state index in [4.69, 9.17) is 4.74 Å². The van der Waals surface area contributed by atoms with Gasteiger partial charge in [-0.05, 0) is 36.8 Å². The minimum Gasteiger partial charge on any atom is -0.493 e. The first-order valence-corrected chi connectivity index (χ1v) is 9.58. The lowest BCUT2D eigenvalue weighted by atomic mass is 9.89. The monoisotopic (exact) mass is 342 g/mol. The van der Waals surface area contributed by atoms with Crippen molar-refractivity contribution in [1.29, 1.82) is 0 Å². The van der Waals surface area contributed by atoms with Crippen molar-refractivity contribution < 1.29 is 9.53 Å². The molecule has 2 aliphatic rings. The molecule has 0 N–H and O–H groups in total. The fourth-order valence-corrected chi connectivity index (χ4v) is 4.58. The van der Waals surface area contributed by atoms with Crippen LogP contribution < -0.4 is 4.74 Å². The fourth-order valence-electron chi connectivity index (χ4n) is 3.81. The van der Waals surface area contributed by atoms with Crippen LogP contribution >= 0.6 is 11.3 Å². The topological polar surface area (TPSA) is 42.4 Å². The zero-order chi connectivity index (χ0) is 16.4. The van der Waals surface area contributed by atoms with E-state index < -0.39 is 0 Å². The van der Waals surface area contributed by atoms with Crippen LogP contribution in [0, 0.1) is 0 Å². The maximum absolute atomic E-state index is 12.9. The van der Waals surface area contributed by atoms with Crippen molar-refractivity contribution in [3.05, 3.63) is 46.4 Å². The summed E-state index contributed by atoms with van der Waals surface area (Å²) in [6.45, 7) is 2.40. The number of ether oxygens (including phenoxy) is 1. The minimum absolute atomic E-state index is 0.276. The first-order valence-electron chi connectivity index (χ1n) is 8.70. The molecular formula is C19H22N2O2S. The van der Waals surface area contributed by atoms with Crippen LogP contribution in [0.1, 0.15) is 48.1 Å². The van der Waals surface area contributed by atoms with Crippen LogP contribution in [-0.4, -0.2) is 35.5 Å². The Kier molecular flexibility index (Phi) is 4.52. The van der Waals surface area contributed by atoms with Gasteiger partial charge in [0.2, 0.25) is 5.91 Å². The number of hydrogen-bond donors (Lipinski definition) is 0. The second-order valence-corrected chi connectivity index (χ2v) is 7.55. The number of fused-ring (bicyclic) bond motifs is 1. The van der Waals surface area contributed by atoms with E-state index in [2.05, 4.69) is 11.1 Å². The molecule has 24 heavy (non-hydrogen) atoms. The van der Waals surface area contributed by atoms with E-state index in [1.165, 1.54) is 10.6 Å². The van der Waals surface area contributed by atoms with Gasteiger partial charge in [0, 0.05) is 37.0 Å². The average molecular weight is 342 g/mol. The third-order valence-electron chi connectivity index (χ3n) is 5.08. The number of aromatic nitrogens is 1. The van der Waals surface area contributed by atoms with Gasteiger partial charge < -0.3 is 9.64 Å². The lowest BCUT2D eigenvalue weighted by molar-refractivity contribution is -0.133. The minimum atomic E-state index is 0.276. The highest BCUT2D eigenvalue weighted by atomic mass is 32.1. The zero-order valence-electron chi connectivity index (χ0n) is 13.7. The van der Waals surface area contributed by atoms with Gasteiger partial charge in [0.05, 0.1) is 11.6 Å². The van der Waals surface area contributed by atoms with Gasteiger partial charge in [-0.2, -0.15) is 0 Å². The summed E-state index contributed by atoms with van der Waals surface area (Å²) in [4.78, 5) is 19.4. The van der Waals surface area contributed by atoms with Gasteiger partial charge in [-0.3, -0.25) is 4.79 Å². The number of para-hydroxylation sites is 1. The highest BCUT2D eigenvalue weighted by molar-refractivity contribution is 7.09. The first kappa shape index (κ1) is 15.6. The van der Waals surface area contributed by atoms with E-state index in [1.807, 2.05) is 34.7 Å². The lowest BCUT2D eigenvalue weighted by Gasteiger charge is -2.33. The molecule has 1 amide bonds. The molecule has 0 spiro atoms. The molecule has 4 rings (SSSR count). The molecule has 2 atom stereocenters. The van der Waals surface area contributed by atoms with Crippen molar-refractivity contribution in [3.63, 3.8) is 0 Å². The standard InChI is InChI=1S/C19H22N2O2S/c22-18(12-14-7-10-23-17-6-2-1-5-16(14)17)21-9-3-4-15(13-21)19-20-8-11-24-19/h1-2,5-6,8,11,14-15H,3-4,7,9-10,12-13H2. The van der Waals surface area contributed by atoms with E-state index in [1.54, 1.807) is 11.3 Å². The van der Waals surface area contributed by atoms with Crippen molar-refractivity contribution in [1.82, 2.24) is 9.88 Å². The van der Waals surface area contributed by atoms with Crippen LogP contribution in [0.25, 0.3) is 0 Å². The first-order chi connectivity index (χ1) is 11.8. The zero-order valence-corrected chi connectivity index (χ0v) is 14.5. The number of hydrogen-bond acceptors (Lipinski definition) is 4. The van der Waals surface area contributed by atoms with Crippen LogP contribution in [0.3, 0.4) is 0 Å². The smallest absolute Gasteiger partial charge is 0.223 e. The Bertz CT molecular complexity index is 701. The Morgan fingerprint density at radius 2 is 2.25 bits per heavy atom. The van der Waals surface area contributed by atoms with Crippen molar-refractivity contribution in [2.45, 2.75) is 37.5 Å². The van der Waals surface area contributed by atoms with Gasteiger partial charge in [-0.15, -0.1) is 11.3 Å². The Morgan fingerprint density at radius 1 is 1.33 bits per heavy atom. The molecule has 1 saturated heterocycles. The molecule has 4 nitrogen and oxygen atoms in total. The van der Waals surface area contributed by atoms with Crippen molar-refractivity contribution >= 4 is 17.2 Å². The Labute approximate surface area is 146 Å². The SMILES string of the molecule is O=C(CC1CCOc2ccccc21)N1CCCC(c2nccs2)C1. The predicted octanol–water partition coefficient (Wildman–Crippen LogP) is 3.81. The van der Waals surface area contributed by atoms with Gasteiger partial charge in [0.1, 0.15) is 5.75 Å². The van der Waals surface area contributed by atoms with Gasteiger partial charge in [0.15, 0.2) is 0 Å². The Balaban J connectivity index is 1.43. The van der Waals surface area contributed by atoms with E-state index in [0.717, 1.165) is 38.1 Å². The molecule has 1 fully saturated rings. The number of nitrogens with zero attached hydrogens (tertiary/aromatic N) is 2. The summed E-state index contributed by atoms with van der Waals surface area (Å²) in [6.07, 6.45) is 5.58. The normalized spacial score (nSPS) is 23.4. The van der Waals surface area contributed by atoms with Gasteiger partial charge in [0.25, 0.3) is 0 Å². The number of amides is 1. The summed E-state index contributed by atoms with van der Waals surface area (Å²) in [5, 5.41) is 3.19. The highest BCUT2D eigenvalue weighted by Gasteiger charge is 2.29. The summed E-state index contributed by atoms with van der Waals surface area (Å²) < 4.78 is 5.71. The van der Waals surface area contributed by atoms with E-state index in [9.17, 15) is 4.79 Å². The molecule has 0 bridgehead atoms. The molecule has 0 saturated carbocycles. The number of carbonyl (C=O) groups is 1. The summed E-state index contributed by atoms with van der Waals surface area (Å²) in [6, 6.07) is 8.13. The Hall–Kier alpha value is -1.88. The second kappa shape index (κ2) is 6.93. The maximum atomic E-state index is 12.9. The van der Waals surface area contributed by atoms with Crippen molar-refractivity contribution in [3.8, 4) is 5.75 Å². The molecule has 0 radical (unpaired) electrons. The molecule has 0 aliphatic carbocycles. The van der Waals surface area contributed by atoms with Crippen LogP contribution in [0.5, 0.6) is 5.75 Å². The van der Waals surface area contributed by atoms with Gasteiger partial charge in [-0.25, -0.2) is 4.98 Å². The third kappa shape index (κ3) is 3.18. The summed E-state index contributed by atoms with van der Waals surface area (Å²) in [5.41, 5.74) is 1.19. The predicted molar refractivity (Wildman–Crippen MR) is 94.6 cm³/mol. The summed E-state index contributed by atoms with van der Waals surface area (Å²) in [5.74, 6) is 1.91. The average Bonchev–Trinajstić information content (AvgIpc) is 3.17. The molecule has 2 aliphatic heterocycles. The number of benzene rings is 1. The van der Waals surface area contributed by atoms with Gasteiger partial charge in [-0.1, -0.05) is 18.2 Å². The van der Waals surface area contributed by atoms with Crippen LogP contribution in [0.2, 0.25) is 0 Å². The number of carbonyl (C=O) groups excluding carboxylic acids is 1. The van der Waals surface area contributed by atoms with Crippen LogP contribution in [-0.2, 0) is 4.79 Å². The summed E-state index contributed by atoms with van der Waals surface area (Å²) in [7, 11) is 0. The van der Waals surface area contributed by atoms with Crippen molar-refractivity contribution in [2.75, 3.05) is 19.7 Å². The second-order valence-electron chi connectivity index (χ2n) is 6.63. The fraction of sp³-hybridized carbons (Fsp3) is 0.474. The largest absolute Gasteiger partial charge is 0.493 e. The number of thiazole rings is 1. The number of likely N-dealkylation sites (tertiary alicyclic amines) is 1. The summed E-state index contributed by atoms with van der Waals surface area (Å²) >= 11 is 1.70. The molecule has 1 aromatic heterocycles. The molecule has 2 unspecified atom stereocenters. The maximum Gasteiger partial charge on any atom is 0.223 e. The molecule has 5 heteroatoms. The molecule has 126 valence electrons. The van der Waals surface area contributed by atoms with Crippen LogP contribution in [0.4, 0.5) is 0 Å². The molecule has 2 aromatic rings. The molecule has 1 aromatic carbocycles. The third-order valence-corrected chi connectivity index (χ3v) is 6.02. The lowest BCUT2D eigenvalue weighted by Crippen LogP contribution is -2.39. The van der Waals surface area contributed by atoms with E-state index in [0.29, 0.717) is 18.9 Å². The van der Waals surface area contributed by atoms with Crippen LogP contribution in [0.15, 0.2) is 35.8 Å². The highest BCUT2D eigenvalue weighted by Crippen LogP contribution is 2.36. The van der Waals surface area contributed by atoms with E-state index in [-0.39, 0.29) is 11.8 Å². The van der Waals surface area contributed by atoms with E-state index >= 15 is 0 Å². The quantitative estimate of drug-likeness (QED) is 0.852.